The number of aromatic nitrogens is 2. The predicted octanol–water partition coefficient (Wildman–Crippen LogP) is 0.103. The molecule has 110 valence electrons. The fraction of sp³-hybridized carbons (Fsp3) is 0.250. The van der Waals surface area contributed by atoms with Crippen molar-refractivity contribution in [3.05, 3.63) is 44.9 Å². The van der Waals surface area contributed by atoms with Gasteiger partial charge in [-0.3, -0.25) is 24.1 Å². The molecule has 2 rings (SSSR count). The number of pyridine rings is 1. The van der Waals surface area contributed by atoms with Crippen molar-refractivity contribution in [3.63, 3.8) is 0 Å². The van der Waals surface area contributed by atoms with Gasteiger partial charge in [0.1, 0.15) is 5.65 Å². The Labute approximate surface area is 119 Å². The van der Waals surface area contributed by atoms with Gasteiger partial charge < -0.3 is 10.2 Å². The Morgan fingerprint density at radius 3 is 2.81 bits per heavy atom. The first-order chi connectivity index (χ1) is 9.91. The summed E-state index contributed by atoms with van der Waals surface area (Å²) in [4.78, 5) is 39.3. The van der Waals surface area contributed by atoms with E-state index in [1.165, 1.54) is 11.1 Å². The molecule has 21 heavy (non-hydrogen) atoms. The van der Waals surface area contributed by atoms with E-state index in [4.69, 9.17) is 0 Å². The Morgan fingerprint density at radius 2 is 2.19 bits per heavy atom. The molecule has 0 fully saturated rings. The quantitative estimate of drug-likeness (QED) is 0.632. The molecule has 2 heterocycles. The standard InChI is InChI=1S/C12H13N5O4/c1-15(2)9(18)7-13-11-10(17(20)21)12(19)16-6-4-3-5-8(16)14-11/h3-6,13H,7H2,1-2H3. The van der Waals surface area contributed by atoms with E-state index in [0.29, 0.717) is 0 Å². The van der Waals surface area contributed by atoms with Crippen LogP contribution in [0.1, 0.15) is 0 Å². The molecule has 0 spiro atoms. The maximum absolute atomic E-state index is 12.1. The van der Waals surface area contributed by atoms with Gasteiger partial charge in [0.25, 0.3) is 0 Å². The minimum absolute atomic E-state index is 0.191. The Kier molecular flexibility index (Phi) is 3.83. The molecule has 0 saturated heterocycles. The molecule has 0 bridgehead atoms. The fourth-order valence-corrected chi connectivity index (χ4v) is 1.69. The van der Waals surface area contributed by atoms with E-state index < -0.39 is 16.2 Å². The van der Waals surface area contributed by atoms with Crippen LogP contribution in [0.15, 0.2) is 29.2 Å². The smallest absolute Gasteiger partial charge is 0.355 e. The summed E-state index contributed by atoms with van der Waals surface area (Å²) in [6, 6.07) is 4.77. The summed E-state index contributed by atoms with van der Waals surface area (Å²) in [5, 5.41) is 13.6. The van der Waals surface area contributed by atoms with E-state index in [1.54, 1.807) is 32.3 Å². The summed E-state index contributed by atoms with van der Waals surface area (Å²) in [7, 11) is 3.11. The van der Waals surface area contributed by atoms with Crippen molar-refractivity contribution < 1.29 is 9.72 Å². The summed E-state index contributed by atoms with van der Waals surface area (Å²) < 4.78 is 1.08. The lowest BCUT2D eigenvalue weighted by Crippen LogP contribution is -2.30. The van der Waals surface area contributed by atoms with E-state index in [0.717, 1.165) is 4.40 Å². The highest BCUT2D eigenvalue weighted by Crippen LogP contribution is 2.17. The molecular formula is C12H13N5O4. The molecule has 2 aromatic heterocycles. The van der Waals surface area contributed by atoms with E-state index in [9.17, 15) is 19.7 Å². The lowest BCUT2D eigenvalue weighted by molar-refractivity contribution is -0.385. The molecular weight excluding hydrogens is 278 g/mol. The third-order valence-electron chi connectivity index (χ3n) is 2.80. The van der Waals surface area contributed by atoms with E-state index in [1.807, 2.05) is 0 Å². The summed E-state index contributed by atoms with van der Waals surface area (Å²) >= 11 is 0. The first-order valence-electron chi connectivity index (χ1n) is 6.01. The summed E-state index contributed by atoms with van der Waals surface area (Å²) in [6.07, 6.45) is 1.40. The SMILES string of the molecule is CN(C)C(=O)CNc1nc2ccccn2c(=O)c1[N+](=O)[O-]. The van der Waals surface area contributed by atoms with Crippen LogP contribution < -0.4 is 10.9 Å². The Morgan fingerprint density at radius 1 is 1.48 bits per heavy atom. The average Bonchev–Trinajstić information content (AvgIpc) is 2.44. The third-order valence-corrected chi connectivity index (χ3v) is 2.80. The van der Waals surface area contributed by atoms with E-state index in [2.05, 4.69) is 10.3 Å². The summed E-state index contributed by atoms with van der Waals surface area (Å²) in [5.41, 5.74) is -1.23. The van der Waals surface area contributed by atoms with Crippen molar-refractivity contribution in [2.45, 2.75) is 0 Å². The first-order valence-corrected chi connectivity index (χ1v) is 6.01. The molecule has 9 heteroatoms. The fourth-order valence-electron chi connectivity index (χ4n) is 1.69. The van der Waals surface area contributed by atoms with Crippen LogP contribution in [0.4, 0.5) is 11.5 Å². The Hall–Kier alpha value is -2.97. The van der Waals surface area contributed by atoms with Gasteiger partial charge >= 0.3 is 11.2 Å². The highest BCUT2D eigenvalue weighted by molar-refractivity contribution is 5.80. The number of amides is 1. The predicted molar refractivity (Wildman–Crippen MR) is 75.3 cm³/mol. The molecule has 0 radical (unpaired) electrons. The number of carbonyl (C=O) groups is 1. The largest absolute Gasteiger partial charge is 0.376 e. The van der Waals surface area contributed by atoms with E-state index in [-0.39, 0.29) is 23.9 Å². The number of nitro groups is 1. The second kappa shape index (κ2) is 5.57. The number of rotatable bonds is 4. The third kappa shape index (κ3) is 2.81. The number of carbonyl (C=O) groups excluding carboxylic acids is 1. The van der Waals surface area contributed by atoms with Gasteiger partial charge in [-0.2, -0.15) is 0 Å². The van der Waals surface area contributed by atoms with Crippen LogP contribution in [0.5, 0.6) is 0 Å². The van der Waals surface area contributed by atoms with Crippen molar-refractivity contribution >= 4 is 23.1 Å². The van der Waals surface area contributed by atoms with Crippen LogP contribution in [0.25, 0.3) is 5.65 Å². The first kappa shape index (κ1) is 14.4. The van der Waals surface area contributed by atoms with Gasteiger partial charge in [0.15, 0.2) is 0 Å². The molecule has 1 amide bonds. The van der Waals surface area contributed by atoms with Gasteiger partial charge in [-0.1, -0.05) is 6.07 Å². The van der Waals surface area contributed by atoms with Crippen LogP contribution >= 0.6 is 0 Å². The van der Waals surface area contributed by atoms with Gasteiger partial charge in [0, 0.05) is 20.3 Å². The Balaban J connectivity index is 2.51. The van der Waals surface area contributed by atoms with Crippen LogP contribution in [0.2, 0.25) is 0 Å². The second-order valence-electron chi connectivity index (χ2n) is 4.44. The average molecular weight is 291 g/mol. The zero-order valence-corrected chi connectivity index (χ0v) is 11.4. The number of hydrogen-bond acceptors (Lipinski definition) is 6. The topological polar surface area (TPSA) is 110 Å². The highest BCUT2D eigenvalue weighted by Gasteiger charge is 2.23. The summed E-state index contributed by atoms with van der Waals surface area (Å²) in [6.45, 7) is -0.191. The maximum atomic E-state index is 12.1. The van der Waals surface area contributed by atoms with Gasteiger partial charge in [0.2, 0.25) is 11.7 Å². The van der Waals surface area contributed by atoms with Crippen LogP contribution in [0.3, 0.4) is 0 Å². The van der Waals surface area contributed by atoms with Gasteiger partial charge in [-0.25, -0.2) is 4.98 Å². The van der Waals surface area contributed by atoms with E-state index >= 15 is 0 Å². The van der Waals surface area contributed by atoms with Crippen molar-refractivity contribution in [2.75, 3.05) is 26.0 Å². The normalized spacial score (nSPS) is 10.4. The number of nitrogens with one attached hydrogen (secondary N) is 1. The number of likely N-dealkylation sites (N-methyl/N-ethyl adjacent to an activating group) is 1. The molecule has 0 saturated carbocycles. The lowest BCUT2D eigenvalue weighted by Gasteiger charge is -2.11. The lowest BCUT2D eigenvalue weighted by atomic mass is 10.4. The zero-order chi connectivity index (χ0) is 15.6. The van der Waals surface area contributed by atoms with Crippen molar-refractivity contribution in [3.8, 4) is 0 Å². The number of hydrogen-bond donors (Lipinski definition) is 1. The minimum atomic E-state index is -0.808. The molecule has 0 aliphatic carbocycles. The molecule has 0 aliphatic heterocycles. The van der Waals surface area contributed by atoms with Gasteiger partial charge in [-0.05, 0) is 12.1 Å². The molecule has 9 nitrogen and oxygen atoms in total. The molecule has 0 atom stereocenters. The molecule has 2 aromatic rings. The second-order valence-corrected chi connectivity index (χ2v) is 4.44. The number of anilines is 1. The van der Waals surface area contributed by atoms with Crippen molar-refractivity contribution in [1.82, 2.24) is 14.3 Å². The molecule has 0 unspecified atom stereocenters. The van der Waals surface area contributed by atoms with Gasteiger partial charge in [-0.15, -0.1) is 0 Å². The van der Waals surface area contributed by atoms with Crippen LogP contribution in [0, 0.1) is 10.1 Å². The monoisotopic (exact) mass is 291 g/mol. The van der Waals surface area contributed by atoms with Crippen molar-refractivity contribution in [2.24, 2.45) is 0 Å². The molecule has 0 aliphatic rings. The minimum Gasteiger partial charge on any atom is -0.355 e. The number of fused-ring (bicyclic) bond motifs is 1. The maximum Gasteiger partial charge on any atom is 0.376 e. The molecule has 1 N–H and O–H groups in total. The van der Waals surface area contributed by atoms with Crippen LogP contribution in [-0.4, -0.2) is 45.8 Å². The number of nitrogens with zero attached hydrogens (tertiary/aromatic N) is 4. The van der Waals surface area contributed by atoms with Crippen molar-refractivity contribution in [1.29, 1.82) is 0 Å². The summed E-state index contributed by atoms with van der Waals surface area (Å²) in [5.74, 6) is -0.509. The molecule has 0 aromatic carbocycles. The zero-order valence-electron chi connectivity index (χ0n) is 11.4. The Bertz CT molecular complexity index is 768. The van der Waals surface area contributed by atoms with Gasteiger partial charge in [0.05, 0.1) is 11.5 Å². The van der Waals surface area contributed by atoms with Crippen LogP contribution in [-0.2, 0) is 4.79 Å². The highest BCUT2D eigenvalue weighted by atomic mass is 16.6.